The van der Waals surface area contributed by atoms with Gasteiger partial charge in [0.2, 0.25) is 0 Å². The minimum atomic E-state index is 0.665. The number of benzene rings is 1. The highest BCUT2D eigenvalue weighted by atomic mass is 79.9. The fourth-order valence-electron chi connectivity index (χ4n) is 1.83. The maximum atomic E-state index is 3.48. The molecule has 0 unspecified atom stereocenters. The van der Waals surface area contributed by atoms with Crippen molar-refractivity contribution < 1.29 is 0 Å². The molecule has 0 spiro atoms. The van der Waals surface area contributed by atoms with Gasteiger partial charge < -0.3 is 10.2 Å². The van der Waals surface area contributed by atoms with Crippen LogP contribution in [0.3, 0.4) is 0 Å². The number of rotatable bonds is 2. The van der Waals surface area contributed by atoms with E-state index >= 15 is 0 Å². The summed E-state index contributed by atoms with van der Waals surface area (Å²) in [7, 11) is 2.02. The van der Waals surface area contributed by atoms with Crippen LogP contribution in [0.2, 0.25) is 0 Å². The van der Waals surface area contributed by atoms with Crippen molar-refractivity contribution in [1.29, 1.82) is 0 Å². The molecule has 1 aromatic rings. The summed E-state index contributed by atoms with van der Waals surface area (Å²) in [5.41, 5.74) is 2.70. The quantitative estimate of drug-likeness (QED) is 0.871. The molecule has 3 heteroatoms. The lowest BCUT2D eigenvalue weighted by Gasteiger charge is -2.41. The van der Waals surface area contributed by atoms with Gasteiger partial charge in [-0.25, -0.2) is 0 Å². The molecule has 1 heterocycles. The first kappa shape index (κ1) is 9.99. The molecular weight excluding hydrogens is 240 g/mol. The molecule has 1 aliphatic heterocycles. The topological polar surface area (TPSA) is 15.3 Å². The van der Waals surface area contributed by atoms with E-state index < -0.39 is 0 Å². The average molecular weight is 255 g/mol. The lowest BCUT2D eigenvalue weighted by atomic mass is 10.1. The summed E-state index contributed by atoms with van der Waals surface area (Å²) in [6, 6.07) is 7.13. The largest absolute Gasteiger partial charge is 0.368 e. The first-order valence-corrected chi connectivity index (χ1v) is 5.68. The molecule has 0 radical (unpaired) electrons. The highest BCUT2D eigenvalue weighted by molar-refractivity contribution is 9.10. The van der Waals surface area contributed by atoms with E-state index in [-0.39, 0.29) is 0 Å². The molecule has 0 amide bonds. The summed E-state index contributed by atoms with van der Waals surface area (Å²) in [4.78, 5) is 2.41. The maximum absolute atomic E-state index is 3.48. The minimum Gasteiger partial charge on any atom is -0.368 e. The van der Waals surface area contributed by atoms with E-state index in [0.717, 1.165) is 17.6 Å². The van der Waals surface area contributed by atoms with Crippen molar-refractivity contribution in [1.82, 2.24) is 5.32 Å². The number of nitrogens with one attached hydrogen (secondary N) is 1. The van der Waals surface area contributed by atoms with E-state index in [0.29, 0.717) is 6.04 Å². The van der Waals surface area contributed by atoms with Gasteiger partial charge in [-0.3, -0.25) is 0 Å². The zero-order chi connectivity index (χ0) is 10.1. The van der Waals surface area contributed by atoms with Gasteiger partial charge in [0.25, 0.3) is 0 Å². The molecule has 0 bridgehead atoms. The molecule has 0 aliphatic carbocycles. The number of nitrogens with zero attached hydrogens (tertiary/aromatic N) is 1. The number of aryl methyl sites for hydroxylation is 1. The second-order valence-electron chi connectivity index (χ2n) is 3.82. The van der Waals surface area contributed by atoms with Crippen LogP contribution in [0, 0.1) is 6.92 Å². The fourth-order valence-corrected chi connectivity index (χ4v) is 2.31. The molecule has 1 aromatic carbocycles. The zero-order valence-electron chi connectivity index (χ0n) is 8.55. The highest BCUT2D eigenvalue weighted by Crippen LogP contribution is 2.27. The van der Waals surface area contributed by atoms with E-state index in [2.05, 4.69) is 51.3 Å². The van der Waals surface area contributed by atoms with Crippen LogP contribution in [0.1, 0.15) is 5.56 Å². The molecule has 2 rings (SSSR count). The van der Waals surface area contributed by atoms with E-state index in [1.54, 1.807) is 0 Å². The summed E-state index contributed by atoms with van der Waals surface area (Å²) < 4.78 is 1.16. The van der Waals surface area contributed by atoms with E-state index in [1.165, 1.54) is 11.3 Å². The lowest BCUT2D eigenvalue weighted by molar-refractivity contribution is 0.450. The van der Waals surface area contributed by atoms with Crippen LogP contribution in [0.25, 0.3) is 0 Å². The SMILES string of the molecule is CNC1CN(c2ccc(Br)cc2C)C1. The van der Waals surface area contributed by atoms with Crippen LogP contribution in [0.15, 0.2) is 22.7 Å². The molecule has 2 nitrogen and oxygen atoms in total. The van der Waals surface area contributed by atoms with Crippen LogP contribution in [-0.2, 0) is 0 Å². The van der Waals surface area contributed by atoms with Crippen LogP contribution >= 0.6 is 15.9 Å². The molecular formula is C11H15BrN2. The van der Waals surface area contributed by atoms with Crippen LogP contribution in [0.4, 0.5) is 5.69 Å². The molecule has 1 fully saturated rings. The Morgan fingerprint density at radius 2 is 2.14 bits per heavy atom. The van der Waals surface area contributed by atoms with Crippen molar-refractivity contribution in [3.05, 3.63) is 28.2 Å². The van der Waals surface area contributed by atoms with Gasteiger partial charge in [0.05, 0.1) is 0 Å². The molecule has 76 valence electrons. The molecule has 1 aliphatic rings. The van der Waals surface area contributed by atoms with Crippen molar-refractivity contribution in [2.24, 2.45) is 0 Å². The number of likely N-dealkylation sites (N-methyl/N-ethyl adjacent to an activating group) is 1. The Bertz CT molecular complexity index is 332. The first-order chi connectivity index (χ1) is 6.70. The number of halogens is 1. The van der Waals surface area contributed by atoms with Gasteiger partial charge in [0, 0.05) is 29.3 Å². The Morgan fingerprint density at radius 1 is 1.43 bits per heavy atom. The van der Waals surface area contributed by atoms with Crippen molar-refractivity contribution in [2.45, 2.75) is 13.0 Å². The Hall–Kier alpha value is -0.540. The number of anilines is 1. The van der Waals surface area contributed by atoms with E-state index in [4.69, 9.17) is 0 Å². The van der Waals surface area contributed by atoms with E-state index in [1.807, 2.05) is 7.05 Å². The summed E-state index contributed by atoms with van der Waals surface area (Å²) in [6.07, 6.45) is 0. The van der Waals surface area contributed by atoms with Crippen LogP contribution < -0.4 is 10.2 Å². The molecule has 0 saturated carbocycles. The molecule has 1 N–H and O–H groups in total. The first-order valence-electron chi connectivity index (χ1n) is 4.89. The van der Waals surface area contributed by atoms with Gasteiger partial charge in [-0.15, -0.1) is 0 Å². The Balaban J connectivity index is 2.11. The summed E-state index contributed by atoms with van der Waals surface area (Å²) in [6.45, 7) is 4.41. The predicted molar refractivity (Wildman–Crippen MR) is 63.9 cm³/mol. The second-order valence-corrected chi connectivity index (χ2v) is 4.74. The third kappa shape index (κ3) is 1.79. The highest BCUT2D eigenvalue weighted by Gasteiger charge is 2.25. The van der Waals surface area contributed by atoms with Crippen molar-refractivity contribution in [2.75, 3.05) is 25.0 Å². The van der Waals surface area contributed by atoms with Gasteiger partial charge in [0.15, 0.2) is 0 Å². The zero-order valence-corrected chi connectivity index (χ0v) is 10.1. The molecule has 0 atom stereocenters. The molecule has 14 heavy (non-hydrogen) atoms. The summed E-state index contributed by atoms with van der Waals surface area (Å²) in [5, 5.41) is 3.28. The third-order valence-electron chi connectivity index (χ3n) is 2.79. The standard InChI is InChI=1S/C11H15BrN2/c1-8-5-9(12)3-4-11(8)14-6-10(7-14)13-2/h3-5,10,13H,6-7H2,1-2H3. The minimum absolute atomic E-state index is 0.665. The molecule has 1 saturated heterocycles. The van der Waals surface area contributed by atoms with Crippen molar-refractivity contribution in [3.63, 3.8) is 0 Å². The van der Waals surface area contributed by atoms with Gasteiger partial charge in [-0.1, -0.05) is 15.9 Å². The van der Waals surface area contributed by atoms with E-state index in [9.17, 15) is 0 Å². The Labute approximate surface area is 93.4 Å². The Morgan fingerprint density at radius 3 is 2.71 bits per heavy atom. The van der Waals surface area contributed by atoms with Gasteiger partial charge in [-0.05, 0) is 37.7 Å². The third-order valence-corrected chi connectivity index (χ3v) is 3.28. The number of hydrogen-bond acceptors (Lipinski definition) is 2. The van der Waals surface area contributed by atoms with Gasteiger partial charge in [-0.2, -0.15) is 0 Å². The smallest absolute Gasteiger partial charge is 0.0418 e. The van der Waals surface area contributed by atoms with Crippen molar-refractivity contribution >= 4 is 21.6 Å². The van der Waals surface area contributed by atoms with Crippen LogP contribution in [-0.4, -0.2) is 26.2 Å². The van der Waals surface area contributed by atoms with Crippen LogP contribution in [0.5, 0.6) is 0 Å². The monoisotopic (exact) mass is 254 g/mol. The van der Waals surface area contributed by atoms with Gasteiger partial charge in [0.1, 0.15) is 0 Å². The maximum Gasteiger partial charge on any atom is 0.0418 e. The fraction of sp³-hybridized carbons (Fsp3) is 0.455. The van der Waals surface area contributed by atoms with Crippen molar-refractivity contribution in [3.8, 4) is 0 Å². The van der Waals surface area contributed by atoms with Gasteiger partial charge >= 0.3 is 0 Å². The second kappa shape index (κ2) is 3.91. The molecule has 0 aromatic heterocycles. The lowest BCUT2D eigenvalue weighted by Crippen LogP contribution is -2.57. The number of hydrogen-bond donors (Lipinski definition) is 1. The predicted octanol–water partition coefficient (Wildman–Crippen LogP) is 2.17. The normalized spacial score (nSPS) is 16.9. The Kier molecular flexibility index (Phi) is 2.79. The average Bonchev–Trinajstić information content (AvgIpc) is 2.06. The summed E-state index contributed by atoms with van der Waals surface area (Å²) >= 11 is 3.48. The summed E-state index contributed by atoms with van der Waals surface area (Å²) in [5.74, 6) is 0.